The molecule has 0 atom stereocenters. The minimum absolute atomic E-state index is 0.205. The summed E-state index contributed by atoms with van der Waals surface area (Å²) >= 11 is 3.35. The highest BCUT2D eigenvalue weighted by Crippen LogP contribution is 2.22. The van der Waals surface area contributed by atoms with Crippen molar-refractivity contribution in [1.29, 1.82) is 0 Å². The minimum atomic E-state index is -0.486. The number of fused-ring (bicyclic) bond motifs is 1. The quantitative estimate of drug-likeness (QED) is 0.737. The molecular formula is C9H8BrN3O2. The van der Waals surface area contributed by atoms with Crippen LogP contribution in [0.25, 0.3) is 11.2 Å². The van der Waals surface area contributed by atoms with Crippen molar-refractivity contribution < 1.29 is 9.53 Å². The number of carbonyl (C=O) groups is 1. The van der Waals surface area contributed by atoms with E-state index in [-0.39, 0.29) is 5.69 Å². The van der Waals surface area contributed by atoms with Crippen molar-refractivity contribution in [3.8, 4) is 0 Å². The van der Waals surface area contributed by atoms with Crippen LogP contribution in [0, 0.1) is 0 Å². The summed E-state index contributed by atoms with van der Waals surface area (Å²) < 4.78 is 7.20. The van der Waals surface area contributed by atoms with Crippen LogP contribution in [0.2, 0.25) is 0 Å². The van der Waals surface area contributed by atoms with Crippen molar-refractivity contribution in [2.45, 2.75) is 0 Å². The number of halogens is 1. The van der Waals surface area contributed by atoms with Crippen LogP contribution in [0.1, 0.15) is 10.5 Å². The van der Waals surface area contributed by atoms with Crippen LogP contribution in [0.4, 0.5) is 0 Å². The van der Waals surface area contributed by atoms with Crippen molar-refractivity contribution in [3.63, 3.8) is 0 Å². The molecule has 0 aliphatic carbocycles. The Labute approximate surface area is 94.2 Å². The molecule has 0 N–H and O–H groups in total. The lowest BCUT2D eigenvalue weighted by molar-refractivity contribution is 0.0594. The number of nitrogens with zero attached hydrogens (tertiary/aromatic N) is 3. The zero-order valence-electron chi connectivity index (χ0n) is 8.19. The van der Waals surface area contributed by atoms with Gasteiger partial charge in [0.1, 0.15) is 5.52 Å². The first kappa shape index (κ1) is 10.1. The predicted molar refractivity (Wildman–Crippen MR) is 57.5 cm³/mol. The second kappa shape index (κ2) is 3.62. The van der Waals surface area contributed by atoms with E-state index >= 15 is 0 Å². The van der Waals surface area contributed by atoms with Crippen LogP contribution in [0.5, 0.6) is 0 Å². The van der Waals surface area contributed by atoms with Gasteiger partial charge in [-0.1, -0.05) is 0 Å². The number of rotatable bonds is 1. The number of hydrogen-bond acceptors (Lipinski definition) is 4. The van der Waals surface area contributed by atoms with Gasteiger partial charge in [-0.25, -0.2) is 14.8 Å². The highest BCUT2D eigenvalue weighted by Gasteiger charge is 2.12. The maximum atomic E-state index is 11.2. The molecule has 78 valence electrons. The normalized spacial score (nSPS) is 10.6. The maximum absolute atomic E-state index is 11.2. The number of methoxy groups -OCH3 is 1. The molecule has 0 bridgehead atoms. The summed E-state index contributed by atoms with van der Waals surface area (Å²) in [4.78, 5) is 19.5. The second-order valence-electron chi connectivity index (χ2n) is 3.01. The Morgan fingerprint density at radius 1 is 1.60 bits per heavy atom. The molecule has 2 rings (SSSR count). The third-order valence-electron chi connectivity index (χ3n) is 2.02. The monoisotopic (exact) mass is 269 g/mol. The lowest BCUT2D eigenvalue weighted by atomic mass is 10.4. The lowest BCUT2D eigenvalue weighted by Crippen LogP contribution is -2.05. The van der Waals surface area contributed by atoms with Crippen LogP contribution in [0.3, 0.4) is 0 Å². The molecule has 2 aromatic heterocycles. The van der Waals surface area contributed by atoms with Crippen molar-refractivity contribution in [3.05, 3.63) is 22.6 Å². The van der Waals surface area contributed by atoms with E-state index in [9.17, 15) is 4.79 Å². The highest BCUT2D eigenvalue weighted by molar-refractivity contribution is 9.10. The van der Waals surface area contributed by atoms with Gasteiger partial charge >= 0.3 is 5.97 Å². The van der Waals surface area contributed by atoms with Gasteiger partial charge in [0.25, 0.3) is 0 Å². The molecule has 2 heterocycles. The van der Waals surface area contributed by atoms with E-state index in [0.29, 0.717) is 5.52 Å². The molecule has 0 fully saturated rings. The fourth-order valence-corrected chi connectivity index (χ4v) is 1.87. The molecule has 0 aliphatic rings. The summed E-state index contributed by atoms with van der Waals surface area (Å²) in [7, 11) is 3.17. The molecule has 0 aromatic carbocycles. The van der Waals surface area contributed by atoms with Crippen LogP contribution in [-0.4, -0.2) is 27.6 Å². The molecule has 0 radical (unpaired) electrons. The number of esters is 1. The van der Waals surface area contributed by atoms with E-state index in [1.165, 1.54) is 13.3 Å². The smallest absolute Gasteiger partial charge is 0.358 e. The van der Waals surface area contributed by atoms with Gasteiger partial charge in [0.05, 0.1) is 17.8 Å². The van der Waals surface area contributed by atoms with E-state index in [4.69, 9.17) is 0 Å². The standard InChI is InChI=1S/C9H8BrN3O2/c1-13-4-5(10)7-8(13)11-3-6(12-7)9(14)15-2/h3-4H,1-2H3. The van der Waals surface area contributed by atoms with Crippen LogP contribution in [0.15, 0.2) is 16.9 Å². The van der Waals surface area contributed by atoms with E-state index in [1.54, 1.807) is 0 Å². The Kier molecular flexibility index (Phi) is 2.44. The molecule has 0 unspecified atom stereocenters. The summed E-state index contributed by atoms with van der Waals surface area (Å²) in [5, 5.41) is 0. The zero-order valence-corrected chi connectivity index (χ0v) is 9.78. The summed E-state index contributed by atoms with van der Waals surface area (Å²) in [6.07, 6.45) is 3.24. The Balaban J connectivity index is 2.65. The van der Waals surface area contributed by atoms with Gasteiger partial charge in [0.15, 0.2) is 11.3 Å². The van der Waals surface area contributed by atoms with Gasteiger partial charge < -0.3 is 9.30 Å². The van der Waals surface area contributed by atoms with E-state index in [2.05, 4.69) is 30.6 Å². The molecule has 0 saturated heterocycles. The number of carbonyl (C=O) groups excluding carboxylic acids is 1. The fraction of sp³-hybridized carbons (Fsp3) is 0.222. The lowest BCUT2D eigenvalue weighted by Gasteiger charge is -1.98. The van der Waals surface area contributed by atoms with Gasteiger partial charge in [0, 0.05) is 13.2 Å². The van der Waals surface area contributed by atoms with Crippen LogP contribution < -0.4 is 0 Å². The SMILES string of the molecule is COC(=O)c1cnc2c(n1)c(Br)cn2C. The molecule has 0 saturated carbocycles. The van der Waals surface area contributed by atoms with Gasteiger partial charge in [-0.15, -0.1) is 0 Å². The van der Waals surface area contributed by atoms with Crippen molar-refractivity contribution in [2.24, 2.45) is 7.05 Å². The van der Waals surface area contributed by atoms with Crippen molar-refractivity contribution >= 4 is 33.1 Å². The molecule has 6 heteroatoms. The Hall–Kier alpha value is -1.43. The van der Waals surface area contributed by atoms with Gasteiger partial charge in [-0.3, -0.25) is 0 Å². The zero-order chi connectivity index (χ0) is 11.0. The summed E-state index contributed by atoms with van der Waals surface area (Å²) in [6.45, 7) is 0. The Morgan fingerprint density at radius 2 is 2.33 bits per heavy atom. The average molecular weight is 270 g/mol. The third-order valence-corrected chi connectivity index (χ3v) is 2.60. The largest absolute Gasteiger partial charge is 0.464 e. The second-order valence-corrected chi connectivity index (χ2v) is 3.86. The molecule has 15 heavy (non-hydrogen) atoms. The van der Waals surface area contributed by atoms with Crippen LogP contribution in [-0.2, 0) is 11.8 Å². The maximum Gasteiger partial charge on any atom is 0.358 e. The van der Waals surface area contributed by atoms with Gasteiger partial charge in [0.2, 0.25) is 0 Å². The topological polar surface area (TPSA) is 57.0 Å². The number of ether oxygens (including phenoxy) is 1. The van der Waals surface area contributed by atoms with Crippen molar-refractivity contribution in [2.75, 3.05) is 7.11 Å². The highest BCUT2D eigenvalue weighted by atomic mass is 79.9. The summed E-state index contributed by atoms with van der Waals surface area (Å²) in [5.41, 5.74) is 1.58. The molecule has 0 amide bonds. The van der Waals surface area contributed by atoms with Gasteiger partial charge in [-0.2, -0.15) is 0 Å². The van der Waals surface area contributed by atoms with Crippen molar-refractivity contribution in [1.82, 2.24) is 14.5 Å². The van der Waals surface area contributed by atoms with E-state index < -0.39 is 5.97 Å². The van der Waals surface area contributed by atoms with E-state index in [0.717, 1.165) is 10.1 Å². The molecule has 5 nitrogen and oxygen atoms in total. The van der Waals surface area contributed by atoms with Crippen LogP contribution >= 0.6 is 15.9 Å². The first-order valence-electron chi connectivity index (χ1n) is 4.19. The number of aromatic nitrogens is 3. The van der Waals surface area contributed by atoms with E-state index in [1.807, 2.05) is 17.8 Å². The molecule has 0 aliphatic heterocycles. The Bertz CT molecular complexity index is 535. The minimum Gasteiger partial charge on any atom is -0.464 e. The predicted octanol–water partition coefficient (Wildman–Crippen LogP) is 1.52. The average Bonchev–Trinajstić information content (AvgIpc) is 2.53. The number of aryl methyl sites for hydroxylation is 1. The summed E-state index contributed by atoms with van der Waals surface area (Å²) in [6, 6.07) is 0. The first-order chi connectivity index (χ1) is 7.13. The molecule has 0 spiro atoms. The number of hydrogen-bond donors (Lipinski definition) is 0. The third kappa shape index (κ3) is 1.61. The fourth-order valence-electron chi connectivity index (χ4n) is 1.30. The summed E-state index contributed by atoms with van der Waals surface area (Å²) in [5.74, 6) is -0.486. The molecular weight excluding hydrogens is 262 g/mol. The Morgan fingerprint density at radius 3 is 3.00 bits per heavy atom. The molecule has 2 aromatic rings. The van der Waals surface area contributed by atoms with Gasteiger partial charge in [-0.05, 0) is 15.9 Å². The first-order valence-corrected chi connectivity index (χ1v) is 4.98.